The minimum atomic E-state index is 0.0720. The lowest BCUT2D eigenvalue weighted by Gasteiger charge is -2.34. The fourth-order valence-corrected chi connectivity index (χ4v) is 5.73. The summed E-state index contributed by atoms with van der Waals surface area (Å²) in [5.41, 5.74) is 0.0720. The van der Waals surface area contributed by atoms with Gasteiger partial charge in [-0.3, -0.25) is 9.79 Å². The second-order valence-electron chi connectivity index (χ2n) is 8.42. The number of hydrogen-bond donors (Lipinski definition) is 2. The van der Waals surface area contributed by atoms with Gasteiger partial charge in [0.15, 0.2) is 5.96 Å². The Morgan fingerprint density at radius 1 is 1.25 bits per heavy atom. The van der Waals surface area contributed by atoms with Crippen molar-refractivity contribution in [2.45, 2.75) is 51.0 Å². The van der Waals surface area contributed by atoms with Gasteiger partial charge in [0.1, 0.15) is 0 Å². The molecule has 1 saturated carbocycles. The normalized spacial score (nSPS) is 24.1. The smallest absolute Gasteiger partial charge is 0.225 e. The van der Waals surface area contributed by atoms with E-state index in [-0.39, 0.29) is 11.3 Å². The minimum absolute atomic E-state index is 0.0720. The molecule has 1 amide bonds. The number of guanidine groups is 1. The Hall–Kier alpha value is -1.21. The van der Waals surface area contributed by atoms with Gasteiger partial charge in [0.25, 0.3) is 0 Å². The summed E-state index contributed by atoms with van der Waals surface area (Å²) in [6, 6.07) is 4.70. The van der Waals surface area contributed by atoms with Crippen LogP contribution in [0, 0.1) is 5.92 Å². The number of carbonyl (C=O) groups excluding carboxylic acids is 1. The number of hydrogen-bond acceptors (Lipinski definition) is 4. The Balaban J connectivity index is 1.43. The average Bonchev–Trinajstić information content (AvgIpc) is 3.28. The summed E-state index contributed by atoms with van der Waals surface area (Å²) in [6.07, 6.45) is 4.04. The predicted molar refractivity (Wildman–Crippen MR) is 121 cm³/mol. The molecule has 3 rings (SSSR count). The van der Waals surface area contributed by atoms with Gasteiger partial charge in [0.05, 0.1) is 0 Å². The van der Waals surface area contributed by atoms with Gasteiger partial charge in [-0.05, 0) is 37.1 Å². The highest BCUT2D eigenvalue weighted by Gasteiger charge is 2.30. The lowest BCUT2D eigenvalue weighted by molar-refractivity contribution is -0.136. The molecule has 1 aromatic heterocycles. The molecule has 0 atom stereocenters. The van der Waals surface area contributed by atoms with Crippen LogP contribution in [0.3, 0.4) is 0 Å². The summed E-state index contributed by atoms with van der Waals surface area (Å²) in [5, 5.41) is 9.21. The van der Waals surface area contributed by atoms with E-state index in [0.29, 0.717) is 11.9 Å². The van der Waals surface area contributed by atoms with E-state index in [1.165, 1.54) is 4.88 Å². The highest BCUT2D eigenvalue weighted by molar-refractivity contribution is 7.99. The summed E-state index contributed by atoms with van der Waals surface area (Å²) in [7, 11) is 1.83. The number of nitrogens with zero attached hydrogens (tertiary/aromatic N) is 2. The van der Waals surface area contributed by atoms with E-state index in [0.717, 1.165) is 62.8 Å². The number of aliphatic imine (C=N–C) groups is 1. The SMILES string of the molecule is CN=C(NCC(C)(C)c1cccs1)NC1CCC(C(=O)N2CCSCC2)CC1. The van der Waals surface area contributed by atoms with Crippen molar-refractivity contribution < 1.29 is 4.79 Å². The van der Waals surface area contributed by atoms with Crippen molar-refractivity contribution in [1.29, 1.82) is 0 Å². The summed E-state index contributed by atoms with van der Waals surface area (Å²) < 4.78 is 0. The van der Waals surface area contributed by atoms with Gasteiger partial charge >= 0.3 is 0 Å². The highest BCUT2D eigenvalue weighted by atomic mass is 32.2. The molecule has 2 fully saturated rings. The Morgan fingerprint density at radius 2 is 1.96 bits per heavy atom. The average molecular weight is 423 g/mol. The standard InChI is InChI=1S/C21H34N4OS2/c1-21(2,18-5-4-12-28-18)15-23-20(22-3)24-17-8-6-16(7-9-17)19(26)25-10-13-27-14-11-25/h4-5,12,16-17H,6-11,13-15H2,1-3H3,(H2,22,23,24). The first kappa shape index (κ1) is 21.5. The molecule has 2 aliphatic rings. The van der Waals surface area contributed by atoms with E-state index < -0.39 is 0 Å². The van der Waals surface area contributed by atoms with Crippen LogP contribution >= 0.6 is 23.1 Å². The van der Waals surface area contributed by atoms with Crippen LogP contribution in [0.5, 0.6) is 0 Å². The van der Waals surface area contributed by atoms with Crippen LogP contribution in [0.4, 0.5) is 0 Å². The van der Waals surface area contributed by atoms with Crippen LogP contribution in [0.1, 0.15) is 44.4 Å². The van der Waals surface area contributed by atoms with Crippen LogP contribution < -0.4 is 10.6 Å². The quantitative estimate of drug-likeness (QED) is 0.565. The highest BCUT2D eigenvalue weighted by Crippen LogP contribution is 2.28. The molecule has 7 heteroatoms. The second-order valence-corrected chi connectivity index (χ2v) is 10.6. The summed E-state index contributed by atoms with van der Waals surface area (Å²) in [5.74, 6) is 3.65. The van der Waals surface area contributed by atoms with Crippen molar-refractivity contribution in [3.63, 3.8) is 0 Å². The van der Waals surface area contributed by atoms with E-state index in [1.54, 1.807) is 11.3 Å². The number of amides is 1. The number of thiophene rings is 1. The van der Waals surface area contributed by atoms with E-state index in [4.69, 9.17) is 0 Å². The van der Waals surface area contributed by atoms with Crippen LogP contribution in [-0.2, 0) is 10.2 Å². The first-order chi connectivity index (χ1) is 13.5. The third-order valence-corrected chi connectivity index (χ3v) is 8.03. The molecule has 1 aromatic rings. The molecule has 0 aromatic carbocycles. The second kappa shape index (κ2) is 10.0. The van der Waals surface area contributed by atoms with Crippen molar-refractivity contribution in [3.05, 3.63) is 22.4 Å². The van der Waals surface area contributed by atoms with E-state index in [2.05, 4.69) is 51.9 Å². The summed E-state index contributed by atoms with van der Waals surface area (Å²) in [6.45, 7) is 7.22. The van der Waals surface area contributed by atoms with Crippen LogP contribution in [0.25, 0.3) is 0 Å². The molecule has 1 saturated heterocycles. The molecule has 156 valence electrons. The van der Waals surface area contributed by atoms with Gasteiger partial charge in [-0.2, -0.15) is 11.8 Å². The maximum absolute atomic E-state index is 12.7. The van der Waals surface area contributed by atoms with Crippen molar-refractivity contribution in [2.24, 2.45) is 10.9 Å². The monoisotopic (exact) mass is 422 g/mol. The third-order valence-electron chi connectivity index (χ3n) is 5.85. The van der Waals surface area contributed by atoms with Gasteiger partial charge in [0.2, 0.25) is 5.91 Å². The minimum Gasteiger partial charge on any atom is -0.356 e. The summed E-state index contributed by atoms with van der Waals surface area (Å²) >= 11 is 3.76. The fourth-order valence-electron chi connectivity index (χ4n) is 3.97. The first-order valence-corrected chi connectivity index (χ1v) is 12.4. The van der Waals surface area contributed by atoms with Gasteiger partial charge in [0, 0.05) is 60.4 Å². The van der Waals surface area contributed by atoms with Gasteiger partial charge < -0.3 is 15.5 Å². The van der Waals surface area contributed by atoms with Crippen molar-refractivity contribution >= 4 is 35.0 Å². The molecule has 0 unspecified atom stereocenters. The topological polar surface area (TPSA) is 56.7 Å². The Kier molecular flexibility index (Phi) is 7.69. The van der Waals surface area contributed by atoms with Crippen LogP contribution in [-0.4, -0.2) is 61.0 Å². The molecular weight excluding hydrogens is 388 g/mol. The van der Waals surface area contributed by atoms with E-state index in [9.17, 15) is 4.79 Å². The maximum Gasteiger partial charge on any atom is 0.225 e. The van der Waals surface area contributed by atoms with Crippen LogP contribution in [0.2, 0.25) is 0 Å². The molecule has 1 aliphatic carbocycles. The number of carbonyl (C=O) groups is 1. The number of thioether (sulfide) groups is 1. The molecule has 2 N–H and O–H groups in total. The Morgan fingerprint density at radius 3 is 2.57 bits per heavy atom. The van der Waals surface area contributed by atoms with Gasteiger partial charge in [-0.25, -0.2) is 0 Å². The molecular formula is C21H34N4OS2. The predicted octanol–water partition coefficient (Wildman–Crippen LogP) is 3.32. The van der Waals surface area contributed by atoms with E-state index >= 15 is 0 Å². The maximum atomic E-state index is 12.7. The van der Waals surface area contributed by atoms with Crippen molar-refractivity contribution in [2.75, 3.05) is 38.2 Å². The Labute approximate surface area is 177 Å². The van der Waals surface area contributed by atoms with Gasteiger partial charge in [-0.15, -0.1) is 11.3 Å². The lowest BCUT2D eigenvalue weighted by atomic mass is 9.85. The zero-order chi connectivity index (χ0) is 20.0. The Bertz CT molecular complexity index is 645. The largest absolute Gasteiger partial charge is 0.356 e. The molecule has 2 heterocycles. The molecule has 5 nitrogen and oxygen atoms in total. The zero-order valence-corrected chi connectivity index (χ0v) is 19.0. The van der Waals surface area contributed by atoms with Crippen molar-refractivity contribution in [3.8, 4) is 0 Å². The number of nitrogens with one attached hydrogen (secondary N) is 2. The lowest BCUT2D eigenvalue weighted by Crippen LogP contribution is -2.49. The summed E-state index contributed by atoms with van der Waals surface area (Å²) in [4.78, 5) is 20.6. The third kappa shape index (κ3) is 5.66. The van der Waals surface area contributed by atoms with E-state index in [1.807, 2.05) is 18.8 Å². The molecule has 28 heavy (non-hydrogen) atoms. The molecule has 0 bridgehead atoms. The first-order valence-electron chi connectivity index (χ1n) is 10.4. The number of rotatable bonds is 5. The van der Waals surface area contributed by atoms with Crippen molar-refractivity contribution in [1.82, 2.24) is 15.5 Å². The molecule has 0 radical (unpaired) electrons. The van der Waals surface area contributed by atoms with Gasteiger partial charge in [-0.1, -0.05) is 19.9 Å². The molecule has 0 spiro atoms. The molecule has 1 aliphatic heterocycles. The zero-order valence-electron chi connectivity index (χ0n) is 17.4. The van der Waals surface area contributed by atoms with Crippen LogP contribution in [0.15, 0.2) is 22.5 Å². The fraction of sp³-hybridized carbons (Fsp3) is 0.714.